The first-order valence-corrected chi connectivity index (χ1v) is 6.78. The molecule has 6 heteroatoms. The SMILES string of the molecule is Cc1cc2c(cc1CO)C(F)(F)CCS2(=O)=O. The number of fused-ring (bicyclic) bond motifs is 1. The van der Waals surface area contributed by atoms with Gasteiger partial charge in [0.15, 0.2) is 9.84 Å². The Hall–Kier alpha value is -1.01. The molecule has 0 spiro atoms. The van der Waals surface area contributed by atoms with E-state index in [0.29, 0.717) is 11.1 Å². The van der Waals surface area contributed by atoms with Gasteiger partial charge in [-0.2, -0.15) is 0 Å². The summed E-state index contributed by atoms with van der Waals surface area (Å²) in [6.07, 6.45) is -0.698. The van der Waals surface area contributed by atoms with Gasteiger partial charge >= 0.3 is 0 Å². The van der Waals surface area contributed by atoms with Crippen molar-refractivity contribution in [2.75, 3.05) is 5.75 Å². The number of halogens is 2. The van der Waals surface area contributed by atoms with Gasteiger partial charge in [-0.25, -0.2) is 17.2 Å². The van der Waals surface area contributed by atoms with Crippen molar-refractivity contribution in [3.63, 3.8) is 0 Å². The highest BCUT2D eigenvalue weighted by Gasteiger charge is 2.43. The Morgan fingerprint density at radius 1 is 1.41 bits per heavy atom. The van der Waals surface area contributed by atoms with Crippen molar-refractivity contribution >= 4 is 9.84 Å². The zero-order valence-corrected chi connectivity index (χ0v) is 10.0. The predicted octanol–water partition coefficient (Wildman–Crippen LogP) is 1.76. The molecule has 0 saturated carbocycles. The summed E-state index contributed by atoms with van der Waals surface area (Å²) < 4.78 is 50.7. The molecule has 3 nitrogen and oxygen atoms in total. The average molecular weight is 262 g/mol. The summed E-state index contributed by atoms with van der Waals surface area (Å²) in [6.45, 7) is 1.21. The summed E-state index contributed by atoms with van der Waals surface area (Å²) >= 11 is 0. The molecule has 0 bridgehead atoms. The van der Waals surface area contributed by atoms with E-state index in [-0.39, 0.29) is 11.5 Å². The van der Waals surface area contributed by atoms with Gasteiger partial charge in [-0.15, -0.1) is 0 Å². The number of rotatable bonds is 1. The number of alkyl halides is 2. The van der Waals surface area contributed by atoms with E-state index in [1.54, 1.807) is 6.92 Å². The van der Waals surface area contributed by atoms with E-state index >= 15 is 0 Å². The van der Waals surface area contributed by atoms with Crippen LogP contribution >= 0.6 is 0 Å². The first-order valence-electron chi connectivity index (χ1n) is 5.13. The minimum atomic E-state index is -3.62. The number of hydrogen-bond donors (Lipinski definition) is 1. The van der Waals surface area contributed by atoms with Gasteiger partial charge in [0.25, 0.3) is 5.92 Å². The molecule has 1 heterocycles. The van der Waals surface area contributed by atoms with Gasteiger partial charge < -0.3 is 5.11 Å². The molecule has 0 unspecified atom stereocenters. The van der Waals surface area contributed by atoms with Crippen molar-refractivity contribution in [1.82, 2.24) is 0 Å². The molecule has 94 valence electrons. The van der Waals surface area contributed by atoms with Crippen LogP contribution in [0.2, 0.25) is 0 Å². The molecule has 0 saturated heterocycles. The highest BCUT2D eigenvalue weighted by Crippen LogP contribution is 2.42. The van der Waals surface area contributed by atoms with Gasteiger partial charge in [0.05, 0.1) is 17.3 Å². The zero-order chi connectivity index (χ0) is 12.8. The Balaban J connectivity index is 2.77. The number of aliphatic hydroxyl groups is 1. The molecule has 0 aromatic heterocycles. The number of aliphatic hydroxyl groups excluding tert-OH is 1. The van der Waals surface area contributed by atoms with E-state index in [1.807, 2.05) is 0 Å². The Morgan fingerprint density at radius 3 is 2.65 bits per heavy atom. The van der Waals surface area contributed by atoms with E-state index in [4.69, 9.17) is 5.11 Å². The topological polar surface area (TPSA) is 54.4 Å². The van der Waals surface area contributed by atoms with Crippen molar-refractivity contribution < 1.29 is 22.3 Å². The second-order valence-electron chi connectivity index (χ2n) is 4.21. The van der Waals surface area contributed by atoms with Gasteiger partial charge in [-0.05, 0) is 30.2 Å². The van der Waals surface area contributed by atoms with Crippen LogP contribution in [0.5, 0.6) is 0 Å². The third-order valence-electron chi connectivity index (χ3n) is 3.02. The van der Waals surface area contributed by atoms with E-state index in [0.717, 1.165) is 6.07 Å². The van der Waals surface area contributed by atoms with Crippen LogP contribution in [0.4, 0.5) is 8.78 Å². The Kier molecular flexibility index (Phi) is 2.74. The fraction of sp³-hybridized carbons (Fsp3) is 0.455. The standard InChI is InChI=1S/C11H12F2O3S/c1-7-4-10-9(5-8(7)6-14)11(12,13)2-3-17(10,15)16/h4-5,14H,2-3,6H2,1H3. The van der Waals surface area contributed by atoms with Crippen molar-refractivity contribution in [2.24, 2.45) is 0 Å². The second-order valence-corrected chi connectivity index (χ2v) is 6.28. The molecule has 0 atom stereocenters. The lowest BCUT2D eigenvalue weighted by Crippen LogP contribution is -2.28. The molecule has 17 heavy (non-hydrogen) atoms. The Labute approximate surface area is 98.0 Å². The smallest absolute Gasteiger partial charge is 0.275 e. The third kappa shape index (κ3) is 1.95. The Bertz CT molecular complexity index is 564. The van der Waals surface area contributed by atoms with Crippen LogP contribution < -0.4 is 0 Å². The monoisotopic (exact) mass is 262 g/mol. The summed E-state index contributed by atoms with van der Waals surface area (Å²) in [5.41, 5.74) is 0.353. The minimum absolute atomic E-state index is 0.302. The summed E-state index contributed by atoms with van der Waals surface area (Å²) in [7, 11) is -3.62. The van der Waals surface area contributed by atoms with Crippen LogP contribution in [0, 0.1) is 6.92 Å². The fourth-order valence-corrected chi connectivity index (χ4v) is 3.59. The molecule has 1 aromatic rings. The van der Waals surface area contributed by atoms with Gasteiger partial charge in [0.2, 0.25) is 0 Å². The Morgan fingerprint density at radius 2 is 2.06 bits per heavy atom. The number of aryl methyl sites for hydroxylation is 1. The first kappa shape index (κ1) is 12.4. The highest BCUT2D eigenvalue weighted by molar-refractivity contribution is 7.91. The van der Waals surface area contributed by atoms with Crippen molar-refractivity contribution in [3.8, 4) is 0 Å². The van der Waals surface area contributed by atoms with Crippen LogP contribution in [-0.4, -0.2) is 19.3 Å². The van der Waals surface area contributed by atoms with Crippen LogP contribution in [0.1, 0.15) is 23.1 Å². The summed E-state index contributed by atoms with van der Waals surface area (Å²) in [5, 5.41) is 9.03. The lowest BCUT2D eigenvalue weighted by atomic mass is 9.99. The van der Waals surface area contributed by atoms with Gasteiger partial charge in [-0.3, -0.25) is 0 Å². The van der Waals surface area contributed by atoms with E-state index < -0.39 is 33.5 Å². The second kappa shape index (κ2) is 3.74. The molecule has 1 aliphatic rings. The van der Waals surface area contributed by atoms with Gasteiger partial charge in [0, 0.05) is 12.0 Å². The fourth-order valence-electron chi connectivity index (χ4n) is 1.95. The van der Waals surface area contributed by atoms with Crippen molar-refractivity contribution in [2.45, 2.75) is 30.8 Å². The zero-order valence-electron chi connectivity index (χ0n) is 9.20. The molecule has 0 aliphatic carbocycles. The van der Waals surface area contributed by atoms with Gasteiger partial charge in [-0.1, -0.05) is 0 Å². The quantitative estimate of drug-likeness (QED) is 0.839. The maximum atomic E-state index is 13.6. The molecule has 0 fully saturated rings. The summed E-state index contributed by atoms with van der Waals surface area (Å²) in [5.74, 6) is -3.68. The molecule has 0 radical (unpaired) electrons. The van der Waals surface area contributed by atoms with Crippen LogP contribution in [-0.2, 0) is 22.4 Å². The maximum absolute atomic E-state index is 13.6. The molecular weight excluding hydrogens is 250 g/mol. The number of benzene rings is 1. The predicted molar refractivity (Wildman–Crippen MR) is 57.7 cm³/mol. The average Bonchev–Trinajstić information content (AvgIpc) is 2.24. The van der Waals surface area contributed by atoms with Crippen LogP contribution in [0.15, 0.2) is 17.0 Å². The number of sulfone groups is 1. The van der Waals surface area contributed by atoms with Crippen molar-refractivity contribution in [3.05, 3.63) is 28.8 Å². The lowest BCUT2D eigenvalue weighted by Gasteiger charge is -2.26. The molecule has 1 aliphatic heterocycles. The van der Waals surface area contributed by atoms with Crippen LogP contribution in [0.25, 0.3) is 0 Å². The van der Waals surface area contributed by atoms with Crippen molar-refractivity contribution in [1.29, 1.82) is 0 Å². The molecule has 1 aromatic carbocycles. The highest BCUT2D eigenvalue weighted by atomic mass is 32.2. The third-order valence-corrected chi connectivity index (χ3v) is 4.77. The normalized spacial score (nSPS) is 20.9. The first-order chi connectivity index (χ1) is 7.78. The maximum Gasteiger partial charge on any atom is 0.275 e. The minimum Gasteiger partial charge on any atom is -0.392 e. The largest absolute Gasteiger partial charge is 0.392 e. The molecule has 0 amide bonds. The number of hydrogen-bond acceptors (Lipinski definition) is 3. The summed E-state index contributed by atoms with van der Waals surface area (Å²) in [4.78, 5) is -0.302. The summed E-state index contributed by atoms with van der Waals surface area (Å²) in [6, 6.07) is 2.32. The van der Waals surface area contributed by atoms with Crippen LogP contribution in [0.3, 0.4) is 0 Å². The molecule has 2 rings (SSSR count). The molecular formula is C11H12F2O3S. The van der Waals surface area contributed by atoms with E-state index in [2.05, 4.69) is 0 Å². The van der Waals surface area contributed by atoms with Gasteiger partial charge in [0.1, 0.15) is 0 Å². The van der Waals surface area contributed by atoms with E-state index in [9.17, 15) is 17.2 Å². The lowest BCUT2D eigenvalue weighted by molar-refractivity contribution is -0.0128. The molecule has 1 N–H and O–H groups in total. The van der Waals surface area contributed by atoms with E-state index in [1.165, 1.54) is 6.07 Å².